The Morgan fingerprint density at radius 1 is 1.44 bits per heavy atom. The third-order valence-electron chi connectivity index (χ3n) is 2.85. The van der Waals surface area contributed by atoms with Crippen molar-refractivity contribution >= 4 is 17.6 Å². The molecular formula is C10H16ClN3O2. The number of aryl methyl sites for hydroxylation is 1. The molecule has 5 nitrogen and oxygen atoms in total. The number of rotatable bonds is 4. The van der Waals surface area contributed by atoms with Crippen LogP contribution in [0.2, 0.25) is 0 Å². The molecule has 16 heavy (non-hydrogen) atoms. The number of alkyl halides is 1. The number of piperidine rings is 1. The fraction of sp³-hybridized carbons (Fsp3) is 0.800. The van der Waals surface area contributed by atoms with Gasteiger partial charge in [0.1, 0.15) is 0 Å². The Bertz CT molecular complexity index is 332. The highest BCUT2D eigenvalue weighted by Crippen LogP contribution is 2.23. The predicted molar refractivity (Wildman–Crippen MR) is 60.8 cm³/mol. The lowest BCUT2D eigenvalue weighted by Crippen LogP contribution is -2.42. The summed E-state index contributed by atoms with van der Waals surface area (Å²) < 4.78 is 5.50. The van der Waals surface area contributed by atoms with Crippen LogP contribution in [-0.4, -0.2) is 40.4 Å². The van der Waals surface area contributed by atoms with Gasteiger partial charge in [-0.25, -0.2) is 0 Å². The molecule has 0 spiro atoms. The minimum absolute atomic E-state index is 0.109. The number of halogens is 1. The van der Waals surface area contributed by atoms with Crippen LogP contribution in [0.1, 0.15) is 25.2 Å². The van der Waals surface area contributed by atoms with Crippen LogP contribution in [0.15, 0.2) is 4.42 Å². The molecule has 1 saturated heterocycles. The number of anilines is 1. The van der Waals surface area contributed by atoms with Crippen molar-refractivity contribution in [2.45, 2.75) is 31.7 Å². The van der Waals surface area contributed by atoms with E-state index >= 15 is 0 Å². The molecule has 2 heterocycles. The lowest BCUT2D eigenvalue weighted by Gasteiger charge is -2.32. The van der Waals surface area contributed by atoms with Crippen molar-refractivity contribution in [3.63, 3.8) is 0 Å². The predicted octanol–water partition coefficient (Wildman–Crippen LogP) is 1.20. The van der Waals surface area contributed by atoms with Crippen LogP contribution >= 0.6 is 11.6 Å². The zero-order chi connectivity index (χ0) is 11.4. The van der Waals surface area contributed by atoms with Gasteiger partial charge < -0.3 is 14.4 Å². The molecule has 1 aliphatic rings. The molecule has 2 rings (SSSR count). The first-order chi connectivity index (χ1) is 7.85. The number of nitrogens with zero attached hydrogens (tertiary/aromatic N) is 3. The molecule has 6 heteroatoms. The molecule has 1 aromatic rings. The zero-order valence-electron chi connectivity index (χ0n) is 9.10. The van der Waals surface area contributed by atoms with E-state index in [1.165, 1.54) is 0 Å². The van der Waals surface area contributed by atoms with Crippen molar-refractivity contribution in [3.8, 4) is 0 Å². The summed E-state index contributed by atoms with van der Waals surface area (Å²) in [7, 11) is 0. The van der Waals surface area contributed by atoms with Gasteiger partial charge >= 0.3 is 6.01 Å². The van der Waals surface area contributed by atoms with Crippen LogP contribution in [0.4, 0.5) is 6.01 Å². The monoisotopic (exact) mass is 245 g/mol. The van der Waals surface area contributed by atoms with Crippen LogP contribution in [0, 0.1) is 0 Å². The molecular weight excluding hydrogens is 230 g/mol. The Morgan fingerprint density at radius 2 is 2.31 bits per heavy atom. The normalized spacial score (nSPS) is 21.4. The SMILES string of the molecule is OCC1CCCCN1c1nnc(CCCl)o1. The molecule has 0 radical (unpaired) electrons. The first-order valence-corrected chi connectivity index (χ1v) is 6.14. The lowest BCUT2D eigenvalue weighted by molar-refractivity contribution is 0.234. The van der Waals surface area contributed by atoms with Gasteiger partial charge in [0.05, 0.1) is 12.6 Å². The van der Waals surface area contributed by atoms with E-state index in [1.54, 1.807) is 0 Å². The number of hydrogen-bond acceptors (Lipinski definition) is 5. The van der Waals surface area contributed by atoms with E-state index in [-0.39, 0.29) is 12.6 Å². The average molecular weight is 246 g/mol. The first-order valence-electron chi connectivity index (χ1n) is 5.61. The second kappa shape index (κ2) is 5.50. The van der Waals surface area contributed by atoms with Gasteiger partial charge in [0.2, 0.25) is 5.89 Å². The quantitative estimate of drug-likeness (QED) is 0.808. The highest BCUT2D eigenvalue weighted by Gasteiger charge is 2.25. The van der Waals surface area contributed by atoms with E-state index in [0.717, 1.165) is 25.8 Å². The lowest BCUT2D eigenvalue weighted by atomic mass is 10.0. The molecule has 1 N–H and O–H groups in total. The van der Waals surface area contributed by atoms with Crippen molar-refractivity contribution in [1.82, 2.24) is 10.2 Å². The molecule has 1 aromatic heterocycles. The molecule has 0 aliphatic carbocycles. The summed E-state index contributed by atoms with van der Waals surface area (Å²) in [5.41, 5.74) is 0. The maximum absolute atomic E-state index is 9.28. The van der Waals surface area contributed by atoms with Crippen molar-refractivity contribution in [1.29, 1.82) is 0 Å². The maximum atomic E-state index is 9.28. The van der Waals surface area contributed by atoms with E-state index in [1.807, 2.05) is 4.90 Å². The first kappa shape index (κ1) is 11.7. The Balaban J connectivity index is 2.08. The highest BCUT2D eigenvalue weighted by atomic mass is 35.5. The largest absolute Gasteiger partial charge is 0.408 e. The number of aliphatic hydroxyl groups is 1. The molecule has 1 fully saturated rings. The molecule has 1 unspecified atom stereocenters. The fourth-order valence-electron chi connectivity index (χ4n) is 1.98. The van der Waals surface area contributed by atoms with Crippen LogP contribution in [0.25, 0.3) is 0 Å². The smallest absolute Gasteiger partial charge is 0.318 e. The minimum Gasteiger partial charge on any atom is -0.408 e. The second-order valence-corrected chi connectivity index (χ2v) is 4.32. The van der Waals surface area contributed by atoms with Crippen molar-refractivity contribution in [2.75, 3.05) is 23.9 Å². The summed E-state index contributed by atoms with van der Waals surface area (Å²) in [5.74, 6) is 1.04. The van der Waals surface area contributed by atoms with Gasteiger partial charge in [-0.05, 0) is 19.3 Å². The third-order valence-corrected chi connectivity index (χ3v) is 3.04. The highest BCUT2D eigenvalue weighted by molar-refractivity contribution is 6.17. The van der Waals surface area contributed by atoms with E-state index in [4.69, 9.17) is 16.0 Å². The summed E-state index contributed by atoms with van der Waals surface area (Å²) >= 11 is 5.61. The van der Waals surface area contributed by atoms with E-state index in [2.05, 4.69) is 10.2 Å². The van der Waals surface area contributed by atoms with E-state index in [0.29, 0.717) is 24.2 Å². The molecule has 0 aromatic carbocycles. The summed E-state index contributed by atoms with van der Waals surface area (Å²) in [5, 5.41) is 17.2. The Kier molecular flexibility index (Phi) is 4.01. The van der Waals surface area contributed by atoms with Gasteiger partial charge in [-0.1, -0.05) is 5.10 Å². The van der Waals surface area contributed by atoms with E-state index in [9.17, 15) is 5.11 Å². The molecule has 90 valence electrons. The van der Waals surface area contributed by atoms with Crippen LogP contribution in [0.3, 0.4) is 0 Å². The Morgan fingerprint density at radius 3 is 3.06 bits per heavy atom. The van der Waals surface area contributed by atoms with Gasteiger partial charge in [0.15, 0.2) is 0 Å². The van der Waals surface area contributed by atoms with Crippen LogP contribution in [0.5, 0.6) is 0 Å². The maximum Gasteiger partial charge on any atom is 0.318 e. The summed E-state index contributed by atoms with van der Waals surface area (Å²) in [4.78, 5) is 1.99. The van der Waals surface area contributed by atoms with Crippen LogP contribution < -0.4 is 4.90 Å². The topological polar surface area (TPSA) is 62.4 Å². The third kappa shape index (κ3) is 2.47. The molecule has 0 saturated carbocycles. The number of hydrogen-bond donors (Lipinski definition) is 1. The molecule has 1 aliphatic heterocycles. The van der Waals surface area contributed by atoms with Crippen molar-refractivity contribution in [2.24, 2.45) is 0 Å². The van der Waals surface area contributed by atoms with Gasteiger partial charge in [-0.3, -0.25) is 0 Å². The summed E-state index contributed by atoms with van der Waals surface area (Å²) in [6.07, 6.45) is 3.81. The average Bonchev–Trinajstić information content (AvgIpc) is 2.78. The fourth-order valence-corrected chi connectivity index (χ4v) is 2.15. The number of aliphatic hydroxyl groups excluding tert-OH is 1. The summed E-state index contributed by atoms with van der Waals surface area (Å²) in [6.45, 7) is 1.00. The van der Waals surface area contributed by atoms with Crippen molar-refractivity contribution in [3.05, 3.63) is 5.89 Å². The second-order valence-electron chi connectivity index (χ2n) is 3.94. The Hall–Kier alpha value is -0.810. The Labute approximate surface area is 99.4 Å². The minimum atomic E-state index is 0.109. The van der Waals surface area contributed by atoms with Gasteiger partial charge in [0, 0.05) is 18.8 Å². The number of aromatic nitrogens is 2. The van der Waals surface area contributed by atoms with Gasteiger partial charge in [-0.2, -0.15) is 0 Å². The standard InChI is InChI=1S/C10H16ClN3O2/c11-5-4-9-12-13-10(16-9)14-6-2-1-3-8(14)7-15/h8,15H,1-7H2. The molecule has 0 bridgehead atoms. The van der Waals surface area contributed by atoms with E-state index < -0.39 is 0 Å². The van der Waals surface area contributed by atoms with Crippen LogP contribution in [-0.2, 0) is 6.42 Å². The molecule has 0 amide bonds. The van der Waals surface area contributed by atoms with Crippen molar-refractivity contribution < 1.29 is 9.52 Å². The van der Waals surface area contributed by atoms with Gasteiger partial charge in [0.25, 0.3) is 0 Å². The molecule has 1 atom stereocenters. The van der Waals surface area contributed by atoms with Gasteiger partial charge in [-0.15, -0.1) is 16.7 Å². The summed E-state index contributed by atoms with van der Waals surface area (Å²) in [6, 6.07) is 0.622. The zero-order valence-corrected chi connectivity index (χ0v) is 9.86.